The minimum absolute atomic E-state index is 0.172. The van der Waals surface area contributed by atoms with Gasteiger partial charge in [0.25, 0.3) is 0 Å². The fraction of sp³-hybridized carbons (Fsp3) is 0.400. The Morgan fingerprint density at radius 3 is 1.88 bits per heavy atom. The van der Waals surface area contributed by atoms with Crippen molar-refractivity contribution in [3.8, 4) is 23.0 Å². The number of hydrogen-bond donors (Lipinski definition) is 0. The maximum atomic E-state index is 5.61. The zero-order chi connectivity index (χ0) is 17.7. The molecular formula is C20H26O4. The van der Waals surface area contributed by atoms with Crippen molar-refractivity contribution in [1.29, 1.82) is 0 Å². The molecule has 0 saturated carbocycles. The number of benzene rings is 2. The lowest BCUT2D eigenvalue weighted by molar-refractivity contribution is 0.353. The van der Waals surface area contributed by atoms with Gasteiger partial charge in [-0.05, 0) is 29.7 Å². The van der Waals surface area contributed by atoms with Crippen molar-refractivity contribution >= 4 is 0 Å². The number of rotatable bonds is 7. The van der Waals surface area contributed by atoms with Crippen molar-refractivity contribution in [2.45, 2.75) is 19.8 Å². The lowest BCUT2D eigenvalue weighted by atomic mass is 9.82. The van der Waals surface area contributed by atoms with E-state index < -0.39 is 0 Å². The van der Waals surface area contributed by atoms with E-state index in [1.807, 2.05) is 24.3 Å². The molecule has 0 aromatic heterocycles. The quantitative estimate of drug-likeness (QED) is 0.748. The average Bonchev–Trinajstić information content (AvgIpc) is 2.61. The fourth-order valence-electron chi connectivity index (χ4n) is 3.05. The summed E-state index contributed by atoms with van der Waals surface area (Å²) in [5.41, 5.74) is 2.28. The van der Waals surface area contributed by atoms with E-state index in [0.717, 1.165) is 34.1 Å². The van der Waals surface area contributed by atoms with Crippen LogP contribution in [0.25, 0.3) is 0 Å². The number of ether oxygens (including phenoxy) is 4. The molecule has 4 nitrogen and oxygen atoms in total. The molecule has 0 heterocycles. The summed E-state index contributed by atoms with van der Waals surface area (Å²) in [7, 11) is 6.64. The molecule has 4 heteroatoms. The summed E-state index contributed by atoms with van der Waals surface area (Å²) >= 11 is 0. The van der Waals surface area contributed by atoms with E-state index in [-0.39, 0.29) is 5.92 Å². The van der Waals surface area contributed by atoms with Crippen LogP contribution < -0.4 is 18.9 Å². The summed E-state index contributed by atoms with van der Waals surface area (Å²) in [6.45, 7) is 4.40. The van der Waals surface area contributed by atoms with Crippen LogP contribution in [0.2, 0.25) is 0 Å². The molecule has 0 radical (unpaired) electrons. The largest absolute Gasteiger partial charge is 0.497 e. The molecule has 24 heavy (non-hydrogen) atoms. The predicted octanol–water partition coefficient (Wildman–Crippen LogP) is 4.51. The molecule has 0 N–H and O–H groups in total. The van der Waals surface area contributed by atoms with Gasteiger partial charge in [-0.3, -0.25) is 0 Å². The van der Waals surface area contributed by atoms with Gasteiger partial charge in [-0.1, -0.05) is 26.0 Å². The minimum atomic E-state index is 0.172. The van der Waals surface area contributed by atoms with Crippen molar-refractivity contribution in [3.05, 3.63) is 47.5 Å². The molecule has 0 saturated heterocycles. The van der Waals surface area contributed by atoms with Gasteiger partial charge in [0.1, 0.15) is 11.5 Å². The second-order valence-corrected chi connectivity index (χ2v) is 5.94. The van der Waals surface area contributed by atoms with Crippen LogP contribution in [0.4, 0.5) is 0 Å². The molecule has 0 bridgehead atoms. The zero-order valence-electron chi connectivity index (χ0n) is 15.3. The first-order valence-electron chi connectivity index (χ1n) is 7.99. The van der Waals surface area contributed by atoms with Crippen LogP contribution in [0.3, 0.4) is 0 Å². The zero-order valence-corrected chi connectivity index (χ0v) is 15.3. The van der Waals surface area contributed by atoms with Crippen LogP contribution in [-0.2, 0) is 0 Å². The van der Waals surface area contributed by atoms with Crippen LogP contribution in [0, 0.1) is 5.92 Å². The van der Waals surface area contributed by atoms with Crippen molar-refractivity contribution in [2.24, 2.45) is 5.92 Å². The molecule has 0 amide bonds. The number of hydrogen-bond acceptors (Lipinski definition) is 4. The molecule has 2 rings (SSSR count). The molecule has 130 valence electrons. The van der Waals surface area contributed by atoms with Gasteiger partial charge < -0.3 is 18.9 Å². The highest BCUT2D eigenvalue weighted by Gasteiger charge is 2.23. The third-order valence-corrected chi connectivity index (χ3v) is 4.21. The molecule has 0 fully saturated rings. The lowest BCUT2D eigenvalue weighted by Gasteiger charge is -2.25. The predicted molar refractivity (Wildman–Crippen MR) is 95.8 cm³/mol. The Labute approximate surface area is 144 Å². The van der Waals surface area contributed by atoms with E-state index in [4.69, 9.17) is 18.9 Å². The first-order valence-corrected chi connectivity index (χ1v) is 7.99. The normalized spacial score (nSPS) is 12.0. The van der Waals surface area contributed by atoms with Gasteiger partial charge in [-0.2, -0.15) is 0 Å². The summed E-state index contributed by atoms with van der Waals surface area (Å²) in [6, 6.07) is 12.0. The Bertz CT molecular complexity index is 679. The molecule has 0 spiro atoms. The Morgan fingerprint density at radius 2 is 1.33 bits per heavy atom. The van der Waals surface area contributed by atoms with Crippen LogP contribution in [0.5, 0.6) is 23.0 Å². The fourth-order valence-corrected chi connectivity index (χ4v) is 3.05. The summed E-state index contributed by atoms with van der Waals surface area (Å²) in [6.07, 6.45) is 0. The highest BCUT2D eigenvalue weighted by molar-refractivity contribution is 5.50. The first kappa shape index (κ1) is 18.0. The monoisotopic (exact) mass is 330 g/mol. The van der Waals surface area contributed by atoms with Crippen LogP contribution in [-0.4, -0.2) is 28.4 Å². The van der Waals surface area contributed by atoms with Gasteiger partial charge in [0.2, 0.25) is 0 Å². The summed E-state index contributed by atoms with van der Waals surface area (Å²) < 4.78 is 21.7. The Morgan fingerprint density at radius 1 is 0.667 bits per heavy atom. The topological polar surface area (TPSA) is 36.9 Å². The first-order chi connectivity index (χ1) is 11.5. The van der Waals surface area contributed by atoms with E-state index in [1.54, 1.807) is 28.4 Å². The Balaban J connectivity index is 2.55. The van der Waals surface area contributed by atoms with Gasteiger partial charge in [-0.25, -0.2) is 0 Å². The maximum Gasteiger partial charge on any atom is 0.161 e. The van der Waals surface area contributed by atoms with E-state index in [2.05, 4.69) is 26.0 Å². The standard InChI is InChI=1S/C20H26O4/c1-13(2)20(14-7-10-17(22-4)19(11-14)24-6)16-9-8-15(21-3)12-18(16)23-5/h7-13,20H,1-6H3. The van der Waals surface area contributed by atoms with E-state index >= 15 is 0 Å². The summed E-state index contributed by atoms with van der Waals surface area (Å²) in [4.78, 5) is 0. The average molecular weight is 330 g/mol. The lowest BCUT2D eigenvalue weighted by Crippen LogP contribution is -2.10. The van der Waals surface area contributed by atoms with Crippen molar-refractivity contribution in [3.63, 3.8) is 0 Å². The number of methoxy groups -OCH3 is 4. The third kappa shape index (κ3) is 3.58. The van der Waals surface area contributed by atoms with Gasteiger partial charge in [0.05, 0.1) is 28.4 Å². The van der Waals surface area contributed by atoms with Crippen LogP contribution in [0.15, 0.2) is 36.4 Å². The Kier molecular flexibility index (Phi) is 5.96. The van der Waals surface area contributed by atoms with Gasteiger partial charge >= 0.3 is 0 Å². The SMILES string of the molecule is COc1ccc(C(c2ccc(OC)c(OC)c2)C(C)C)c(OC)c1. The maximum absolute atomic E-state index is 5.61. The summed E-state index contributed by atoms with van der Waals surface area (Å²) in [5.74, 6) is 3.61. The molecule has 0 aliphatic heterocycles. The second kappa shape index (κ2) is 7.95. The molecule has 1 unspecified atom stereocenters. The molecule has 0 aliphatic carbocycles. The summed E-state index contributed by atoms with van der Waals surface area (Å²) in [5, 5.41) is 0. The van der Waals surface area contributed by atoms with E-state index in [9.17, 15) is 0 Å². The van der Waals surface area contributed by atoms with Crippen LogP contribution in [0.1, 0.15) is 30.9 Å². The van der Waals surface area contributed by atoms with Crippen molar-refractivity contribution in [2.75, 3.05) is 28.4 Å². The third-order valence-electron chi connectivity index (χ3n) is 4.21. The van der Waals surface area contributed by atoms with E-state index in [1.165, 1.54) is 0 Å². The van der Waals surface area contributed by atoms with Crippen molar-refractivity contribution in [1.82, 2.24) is 0 Å². The van der Waals surface area contributed by atoms with E-state index in [0.29, 0.717) is 5.92 Å². The second-order valence-electron chi connectivity index (χ2n) is 5.94. The molecule has 1 atom stereocenters. The van der Waals surface area contributed by atoms with Gasteiger partial charge in [-0.15, -0.1) is 0 Å². The van der Waals surface area contributed by atoms with Crippen LogP contribution >= 0.6 is 0 Å². The smallest absolute Gasteiger partial charge is 0.161 e. The molecule has 2 aromatic rings. The molecular weight excluding hydrogens is 304 g/mol. The van der Waals surface area contributed by atoms with Gasteiger partial charge in [0.15, 0.2) is 11.5 Å². The van der Waals surface area contributed by atoms with Crippen molar-refractivity contribution < 1.29 is 18.9 Å². The molecule has 2 aromatic carbocycles. The minimum Gasteiger partial charge on any atom is -0.497 e. The highest BCUT2D eigenvalue weighted by atomic mass is 16.5. The van der Waals surface area contributed by atoms with Gasteiger partial charge in [0, 0.05) is 17.5 Å². The molecule has 0 aliphatic rings. The Hall–Kier alpha value is -2.36. The highest BCUT2D eigenvalue weighted by Crippen LogP contribution is 2.41.